The summed E-state index contributed by atoms with van der Waals surface area (Å²) in [6.45, 7) is 3.75. The van der Waals surface area contributed by atoms with Crippen molar-refractivity contribution >= 4 is 33.1 Å². The van der Waals surface area contributed by atoms with Gasteiger partial charge in [-0.15, -0.1) is 0 Å². The van der Waals surface area contributed by atoms with E-state index in [2.05, 4.69) is 22.5 Å². The van der Waals surface area contributed by atoms with Gasteiger partial charge in [-0.1, -0.05) is 34.1 Å². The van der Waals surface area contributed by atoms with Gasteiger partial charge in [0.05, 0.1) is 0 Å². The van der Waals surface area contributed by atoms with Gasteiger partial charge in [0.25, 0.3) is 0 Å². The molecule has 3 heteroatoms. The maximum atomic E-state index is 12.7. The summed E-state index contributed by atoms with van der Waals surface area (Å²) in [7, 11) is 0. The Labute approximate surface area is 84.2 Å². The standard InChI is InChI=1S/C9H7BrClF/c1-6(5-10)8-4-7(12)2-3-9(8)11/h2-4H,1,5H2. The average molecular weight is 250 g/mol. The lowest BCUT2D eigenvalue weighted by molar-refractivity contribution is 0.627. The summed E-state index contributed by atoms with van der Waals surface area (Å²) in [5, 5.41) is 1.12. The summed E-state index contributed by atoms with van der Waals surface area (Å²) in [4.78, 5) is 0. The average Bonchev–Trinajstić information content (AvgIpc) is 2.08. The van der Waals surface area contributed by atoms with Gasteiger partial charge in [-0.05, 0) is 29.3 Å². The lowest BCUT2D eigenvalue weighted by atomic mass is 10.1. The maximum Gasteiger partial charge on any atom is 0.123 e. The molecule has 0 heterocycles. The highest BCUT2D eigenvalue weighted by Crippen LogP contribution is 2.24. The summed E-state index contributed by atoms with van der Waals surface area (Å²) in [5.74, 6) is -0.295. The fraction of sp³-hybridized carbons (Fsp3) is 0.111. The van der Waals surface area contributed by atoms with Crippen molar-refractivity contribution in [3.63, 3.8) is 0 Å². The van der Waals surface area contributed by atoms with Crippen molar-refractivity contribution in [3.05, 3.63) is 41.2 Å². The molecule has 0 saturated heterocycles. The molecule has 1 aromatic rings. The Hall–Kier alpha value is -0.340. The van der Waals surface area contributed by atoms with Crippen molar-refractivity contribution in [2.45, 2.75) is 0 Å². The maximum absolute atomic E-state index is 12.7. The summed E-state index contributed by atoms with van der Waals surface area (Å²) >= 11 is 9.05. The van der Waals surface area contributed by atoms with Crippen LogP contribution in [0.5, 0.6) is 0 Å². The minimum Gasteiger partial charge on any atom is -0.207 e. The molecule has 0 nitrogen and oxygen atoms in total. The van der Waals surface area contributed by atoms with Crippen LogP contribution in [-0.4, -0.2) is 5.33 Å². The van der Waals surface area contributed by atoms with Crippen LogP contribution in [0, 0.1) is 5.82 Å². The Balaban J connectivity index is 3.13. The topological polar surface area (TPSA) is 0 Å². The highest BCUT2D eigenvalue weighted by Gasteiger charge is 2.04. The molecule has 0 amide bonds. The van der Waals surface area contributed by atoms with Crippen molar-refractivity contribution in [3.8, 4) is 0 Å². The van der Waals surface area contributed by atoms with E-state index < -0.39 is 0 Å². The third-order valence-electron chi connectivity index (χ3n) is 1.47. The van der Waals surface area contributed by atoms with Gasteiger partial charge in [-0.3, -0.25) is 0 Å². The highest BCUT2D eigenvalue weighted by atomic mass is 79.9. The molecule has 0 unspecified atom stereocenters. The first-order valence-corrected chi connectivity index (χ1v) is 4.84. The van der Waals surface area contributed by atoms with Crippen LogP contribution in [0.15, 0.2) is 24.8 Å². The number of alkyl halides is 1. The zero-order chi connectivity index (χ0) is 9.14. The lowest BCUT2D eigenvalue weighted by Gasteiger charge is -2.04. The van der Waals surface area contributed by atoms with Gasteiger partial charge in [-0.2, -0.15) is 0 Å². The van der Waals surface area contributed by atoms with Crippen LogP contribution in [0.1, 0.15) is 5.56 Å². The molecular weight excluding hydrogens is 242 g/mol. The molecule has 0 saturated carbocycles. The number of rotatable bonds is 2. The molecule has 0 aliphatic rings. The van der Waals surface area contributed by atoms with Gasteiger partial charge in [0, 0.05) is 10.4 Å². The zero-order valence-corrected chi connectivity index (χ0v) is 8.62. The van der Waals surface area contributed by atoms with Crippen molar-refractivity contribution in [2.24, 2.45) is 0 Å². The van der Waals surface area contributed by atoms with E-state index in [9.17, 15) is 4.39 Å². The normalized spacial score (nSPS) is 9.92. The first-order chi connectivity index (χ1) is 5.65. The van der Waals surface area contributed by atoms with Crippen molar-refractivity contribution < 1.29 is 4.39 Å². The SMILES string of the molecule is C=C(CBr)c1cc(F)ccc1Cl. The summed E-state index contributed by atoms with van der Waals surface area (Å²) in [6, 6.07) is 4.24. The lowest BCUT2D eigenvalue weighted by Crippen LogP contribution is -1.86. The summed E-state index contributed by atoms with van der Waals surface area (Å²) in [6.07, 6.45) is 0. The van der Waals surface area contributed by atoms with Crippen molar-refractivity contribution in [1.29, 1.82) is 0 Å². The van der Waals surface area contributed by atoms with E-state index in [0.29, 0.717) is 15.9 Å². The van der Waals surface area contributed by atoms with E-state index in [0.717, 1.165) is 5.57 Å². The molecule has 0 spiro atoms. The second-order valence-corrected chi connectivity index (χ2v) is 3.33. The number of benzene rings is 1. The predicted octanol–water partition coefficient (Wildman–Crippen LogP) is 3.89. The van der Waals surface area contributed by atoms with E-state index in [-0.39, 0.29) is 5.82 Å². The Morgan fingerprint density at radius 2 is 2.25 bits per heavy atom. The second-order valence-electron chi connectivity index (χ2n) is 2.36. The van der Waals surface area contributed by atoms with Crippen LogP contribution in [0.2, 0.25) is 5.02 Å². The summed E-state index contributed by atoms with van der Waals surface area (Å²) in [5.41, 5.74) is 1.44. The van der Waals surface area contributed by atoms with Crippen LogP contribution in [0.3, 0.4) is 0 Å². The largest absolute Gasteiger partial charge is 0.207 e. The van der Waals surface area contributed by atoms with E-state index in [4.69, 9.17) is 11.6 Å². The molecule has 12 heavy (non-hydrogen) atoms. The molecule has 0 bridgehead atoms. The molecule has 64 valence electrons. The first kappa shape index (κ1) is 9.75. The second kappa shape index (κ2) is 4.06. The Morgan fingerprint density at radius 3 is 2.83 bits per heavy atom. The monoisotopic (exact) mass is 248 g/mol. The van der Waals surface area contributed by atoms with E-state index in [1.807, 2.05) is 0 Å². The molecule has 1 rings (SSSR count). The van der Waals surface area contributed by atoms with Gasteiger partial charge >= 0.3 is 0 Å². The van der Waals surface area contributed by atoms with Crippen LogP contribution < -0.4 is 0 Å². The smallest absolute Gasteiger partial charge is 0.123 e. The Morgan fingerprint density at radius 1 is 1.58 bits per heavy atom. The molecule has 0 aliphatic heterocycles. The fourth-order valence-electron chi connectivity index (χ4n) is 0.840. The van der Waals surface area contributed by atoms with Crippen LogP contribution >= 0.6 is 27.5 Å². The van der Waals surface area contributed by atoms with Crippen molar-refractivity contribution in [2.75, 3.05) is 5.33 Å². The molecule has 1 aromatic carbocycles. The molecule has 0 radical (unpaired) electrons. The highest BCUT2D eigenvalue weighted by molar-refractivity contribution is 9.09. The van der Waals surface area contributed by atoms with E-state index >= 15 is 0 Å². The van der Waals surface area contributed by atoms with Crippen LogP contribution in [0.25, 0.3) is 5.57 Å². The molecule has 0 fully saturated rings. The van der Waals surface area contributed by atoms with Gasteiger partial charge < -0.3 is 0 Å². The molecule has 0 aliphatic carbocycles. The van der Waals surface area contributed by atoms with Gasteiger partial charge in [0.1, 0.15) is 5.82 Å². The van der Waals surface area contributed by atoms with E-state index in [1.54, 1.807) is 0 Å². The third kappa shape index (κ3) is 2.08. The predicted molar refractivity (Wildman–Crippen MR) is 54.2 cm³/mol. The molecule has 0 atom stereocenters. The van der Waals surface area contributed by atoms with Crippen molar-refractivity contribution in [1.82, 2.24) is 0 Å². The number of hydrogen-bond acceptors (Lipinski definition) is 0. The minimum absolute atomic E-state index is 0.295. The Kier molecular flexibility index (Phi) is 3.29. The van der Waals surface area contributed by atoms with Gasteiger partial charge in [0.2, 0.25) is 0 Å². The molecule has 0 aromatic heterocycles. The first-order valence-electron chi connectivity index (χ1n) is 3.34. The van der Waals surface area contributed by atoms with Crippen LogP contribution in [0.4, 0.5) is 4.39 Å². The number of allylic oxidation sites excluding steroid dienone is 1. The van der Waals surface area contributed by atoms with E-state index in [1.165, 1.54) is 18.2 Å². The molecule has 0 N–H and O–H groups in total. The minimum atomic E-state index is -0.295. The molecular formula is C9H7BrClF. The quantitative estimate of drug-likeness (QED) is 0.698. The Bertz CT molecular complexity index is 309. The van der Waals surface area contributed by atoms with Crippen LogP contribution in [-0.2, 0) is 0 Å². The van der Waals surface area contributed by atoms with Gasteiger partial charge in [0.15, 0.2) is 0 Å². The third-order valence-corrected chi connectivity index (χ3v) is 2.48. The van der Waals surface area contributed by atoms with Gasteiger partial charge in [-0.25, -0.2) is 4.39 Å². The number of halogens is 3. The summed E-state index contributed by atoms with van der Waals surface area (Å²) < 4.78 is 12.7. The zero-order valence-electron chi connectivity index (χ0n) is 6.28. The number of hydrogen-bond donors (Lipinski definition) is 0. The fourth-order valence-corrected chi connectivity index (χ4v) is 1.39.